The predicted octanol–water partition coefficient (Wildman–Crippen LogP) is 2.75. The van der Waals surface area contributed by atoms with Crippen molar-refractivity contribution in [3.63, 3.8) is 0 Å². The maximum atomic E-state index is 12.7. The molecule has 28 heavy (non-hydrogen) atoms. The highest BCUT2D eigenvalue weighted by Gasteiger charge is 2.27. The number of rotatable bonds is 6. The molecule has 1 atom stereocenters. The second kappa shape index (κ2) is 8.42. The van der Waals surface area contributed by atoms with Crippen LogP contribution in [0.4, 0.5) is 5.69 Å². The third-order valence-electron chi connectivity index (χ3n) is 4.47. The van der Waals surface area contributed by atoms with E-state index in [1.165, 1.54) is 16.4 Å². The smallest absolute Gasteiger partial charge is 0.265 e. The molecule has 0 unspecified atom stereocenters. The fourth-order valence-electron chi connectivity index (χ4n) is 2.92. The number of nitriles is 1. The van der Waals surface area contributed by atoms with Crippen molar-refractivity contribution >= 4 is 21.6 Å². The molecule has 1 fully saturated rings. The number of ether oxygens (including phenoxy) is 1. The van der Waals surface area contributed by atoms with Crippen LogP contribution in [0.1, 0.15) is 25.3 Å². The number of nitrogens with one attached hydrogen (secondary N) is 1. The van der Waals surface area contributed by atoms with Crippen LogP contribution in [0.2, 0.25) is 0 Å². The number of amides is 1. The molecule has 0 saturated carbocycles. The van der Waals surface area contributed by atoms with Gasteiger partial charge in [-0.3, -0.25) is 4.79 Å². The summed E-state index contributed by atoms with van der Waals surface area (Å²) < 4.78 is 32.4. The first-order valence-electron chi connectivity index (χ1n) is 8.98. The summed E-state index contributed by atoms with van der Waals surface area (Å²) in [7, 11) is -3.55. The van der Waals surface area contributed by atoms with E-state index in [1.807, 2.05) is 6.07 Å². The van der Waals surface area contributed by atoms with E-state index in [1.54, 1.807) is 43.3 Å². The summed E-state index contributed by atoms with van der Waals surface area (Å²) in [5.41, 5.74) is 0.890. The third-order valence-corrected chi connectivity index (χ3v) is 6.36. The molecule has 1 heterocycles. The number of carbonyl (C=O) groups excluding carboxylic acids is 1. The van der Waals surface area contributed by atoms with E-state index in [0.29, 0.717) is 30.1 Å². The first-order chi connectivity index (χ1) is 13.4. The van der Waals surface area contributed by atoms with Gasteiger partial charge in [-0.25, -0.2) is 8.42 Å². The fourth-order valence-corrected chi connectivity index (χ4v) is 4.48. The Bertz CT molecular complexity index is 991. The van der Waals surface area contributed by atoms with Gasteiger partial charge < -0.3 is 10.1 Å². The molecule has 2 aromatic rings. The Hall–Kier alpha value is -2.89. The monoisotopic (exact) mass is 399 g/mol. The van der Waals surface area contributed by atoms with Crippen molar-refractivity contribution in [1.82, 2.24) is 4.31 Å². The predicted molar refractivity (Wildman–Crippen MR) is 104 cm³/mol. The summed E-state index contributed by atoms with van der Waals surface area (Å²) in [4.78, 5) is 12.6. The van der Waals surface area contributed by atoms with Gasteiger partial charge in [0.15, 0.2) is 6.10 Å². The Balaban J connectivity index is 1.67. The summed E-state index contributed by atoms with van der Waals surface area (Å²) in [6, 6.07) is 14.7. The lowest BCUT2D eigenvalue weighted by Crippen LogP contribution is -2.30. The molecule has 146 valence electrons. The van der Waals surface area contributed by atoms with E-state index in [2.05, 4.69) is 5.32 Å². The number of hydrogen-bond donors (Lipinski definition) is 1. The van der Waals surface area contributed by atoms with Crippen molar-refractivity contribution in [2.24, 2.45) is 0 Å². The standard InChI is InChI=1S/C20H21N3O4S/c1-15(27-18-9-7-16(14-21)8-10-18)20(24)22-17-5-4-6-19(13-17)28(25,26)23-11-2-3-12-23/h4-10,13,15H,2-3,11-12H2,1H3,(H,22,24)/t15-/m0/s1. The third kappa shape index (κ3) is 4.50. The van der Waals surface area contributed by atoms with Crippen molar-refractivity contribution in [2.45, 2.75) is 30.8 Å². The van der Waals surface area contributed by atoms with Crippen molar-refractivity contribution in [3.05, 3.63) is 54.1 Å². The second-order valence-corrected chi connectivity index (χ2v) is 8.46. The lowest BCUT2D eigenvalue weighted by Gasteiger charge is -2.17. The van der Waals surface area contributed by atoms with Gasteiger partial charge in [0.25, 0.3) is 5.91 Å². The van der Waals surface area contributed by atoms with Crippen molar-refractivity contribution in [3.8, 4) is 11.8 Å². The van der Waals surface area contributed by atoms with Crippen LogP contribution in [-0.2, 0) is 14.8 Å². The van der Waals surface area contributed by atoms with Gasteiger partial charge >= 0.3 is 0 Å². The summed E-state index contributed by atoms with van der Waals surface area (Å²) >= 11 is 0. The number of benzene rings is 2. The zero-order chi connectivity index (χ0) is 20.1. The molecule has 3 rings (SSSR count). The first kappa shape index (κ1) is 19.9. The van der Waals surface area contributed by atoms with E-state index in [4.69, 9.17) is 10.00 Å². The van der Waals surface area contributed by atoms with Crippen LogP contribution in [-0.4, -0.2) is 37.8 Å². The number of hydrogen-bond acceptors (Lipinski definition) is 5. The molecule has 8 heteroatoms. The minimum Gasteiger partial charge on any atom is -0.481 e. The SMILES string of the molecule is C[C@H](Oc1ccc(C#N)cc1)C(=O)Nc1cccc(S(=O)(=O)N2CCCC2)c1. The Morgan fingerprint density at radius 1 is 1.18 bits per heavy atom. The van der Waals surface area contributed by atoms with Crippen molar-refractivity contribution < 1.29 is 17.9 Å². The molecule has 0 spiro atoms. The van der Waals surface area contributed by atoms with Crippen LogP contribution >= 0.6 is 0 Å². The summed E-state index contributed by atoms with van der Waals surface area (Å²) in [5, 5.41) is 11.5. The number of anilines is 1. The van der Waals surface area contributed by atoms with E-state index < -0.39 is 22.0 Å². The molecular formula is C20H21N3O4S. The molecule has 0 bridgehead atoms. The molecular weight excluding hydrogens is 378 g/mol. The Morgan fingerprint density at radius 3 is 2.50 bits per heavy atom. The largest absolute Gasteiger partial charge is 0.481 e. The van der Waals surface area contributed by atoms with Gasteiger partial charge in [0, 0.05) is 18.8 Å². The summed E-state index contributed by atoms with van der Waals surface area (Å²) in [5.74, 6) is 0.0621. The van der Waals surface area contributed by atoms with Crippen LogP contribution < -0.4 is 10.1 Å². The highest BCUT2D eigenvalue weighted by atomic mass is 32.2. The Morgan fingerprint density at radius 2 is 1.86 bits per heavy atom. The van der Waals surface area contributed by atoms with Gasteiger partial charge in [-0.15, -0.1) is 0 Å². The van der Waals surface area contributed by atoms with Gasteiger partial charge in [0.2, 0.25) is 10.0 Å². The molecule has 1 N–H and O–H groups in total. The van der Waals surface area contributed by atoms with Gasteiger partial charge in [-0.2, -0.15) is 9.57 Å². The van der Waals surface area contributed by atoms with Crippen molar-refractivity contribution in [2.75, 3.05) is 18.4 Å². The summed E-state index contributed by atoms with van der Waals surface area (Å²) in [6.07, 6.45) is 0.923. The molecule has 0 aliphatic carbocycles. The van der Waals surface area contributed by atoms with E-state index in [9.17, 15) is 13.2 Å². The average Bonchev–Trinajstić information content (AvgIpc) is 3.24. The molecule has 0 radical (unpaired) electrons. The van der Waals surface area contributed by atoms with Crippen LogP contribution in [0.3, 0.4) is 0 Å². The van der Waals surface area contributed by atoms with Gasteiger partial charge in [-0.1, -0.05) is 6.07 Å². The number of sulfonamides is 1. The highest BCUT2D eigenvalue weighted by molar-refractivity contribution is 7.89. The molecule has 1 aliphatic heterocycles. The Kier molecular flexibility index (Phi) is 5.97. The van der Waals surface area contributed by atoms with Gasteiger partial charge in [-0.05, 0) is 62.2 Å². The zero-order valence-electron chi connectivity index (χ0n) is 15.5. The molecule has 1 aliphatic rings. The highest BCUT2D eigenvalue weighted by Crippen LogP contribution is 2.23. The molecule has 1 amide bonds. The topological polar surface area (TPSA) is 99.5 Å². The van der Waals surface area contributed by atoms with Crippen molar-refractivity contribution in [1.29, 1.82) is 5.26 Å². The first-order valence-corrected chi connectivity index (χ1v) is 10.4. The fraction of sp³-hybridized carbons (Fsp3) is 0.300. The molecule has 7 nitrogen and oxygen atoms in total. The number of carbonyl (C=O) groups is 1. The molecule has 1 saturated heterocycles. The zero-order valence-corrected chi connectivity index (χ0v) is 16.3. The molecule has 0 aromatic heterocycles. The maximum absolute atomic E-state index is 12.7. The van der Waals surface area contributed by atoms with Crippen LogP contribution in [0.25, 0.3) is 0 Å². The maximum Gasteiger partial charge on any atom is 0.265 e. The number of nitrogens with zero attached hydrogens (tertiary/aromatic N) is 2. The average molecular weight is 399 g/mol. The van der Waals surface area contributed by atoms with Crippen LogP contribution in [0.15, 0.2) is 53.4 Å². The van der Waals surface area contributed by atoms with E-state index in [0.717, 1.165) is 12.8 Å². The van der Waals surface area contributed by atoms with Gasteiger partial charge in [0.1, 0.15) is 5.75 Å². The minimum absolute atomic E-state index is 0.160. The van der Waals surface area contributed by atoms with Crippen LogP contribution in [0.5, 0.6) is 5.75 Å². The quantitative estimate of drug-likeness (QED) is 0.805. The lowest BCUT2D eigenvalue weighted by atomic mass is 10.2. The Labute approximate surface area is 164 Å². The van der Waals surface area contributed by atoms with Gasteiger partial charge in [0.05, 0.1) is 16.5 Å². The normalized spacial score (nSPS) is 15.6. The van der Waals surface area contributed by atoms with E-state index >= 15 is 0 Å². The molecule has 2 aromatic carbocycles. The minimum atomic E-state index is -3.55. The lowest BCUT2D eigenvalue weighted by molar-refractivity contribution is -0.122. The second-order valence-electron chi connectivity index (χ2n) is 6.52. The van der Waals surface area contributed by atoms with E-state index in [-0.39, 0.29) is 4.90 Å². The van der Waals surface area contributed by atoms with Crippen LogP contribution in [0, 0.1) is 11.3 Å². The summed E-state index contributed by atoms with van der Waals surface area (Å²) in [6.45, 7) is 2.64.